The number of carbonyl (C=O) groups excluding carboxylic acids is 2. The molecule has 0 aliphatic carbocycles. The minimum Gasteiger partial charge on any atom is -0.335 e. The number of aromatic nitrogens is 2. The predicted octanol–water partition coefficient (Wildman–Crippen LogP) is 2.07. The van der Waals surface area contributed by atoms with Gasteiger partial charge in [0.25, 0.3) is 0 Å². The standard InChI is InChI=1S/C15H15F3N4O2/c16-15(17,18)14(24)22-7-3-10(4-8-22)13(23)20-11-2-1-6-21-9-5-19-12(11)21/h1-2,5-6,9-10H,3-4,7-8H2,(H,20,23). The minimum absolute atomic E-state index is 0.0794. The van der Waals surface area contributed by atoms with Crippen LogP contribution in [0.3, 0.4) is 0 Å². The van der Waals surface area contributed by atoms with Crippen molar-refractivity contribution in [1.29, 1.82) is 0 Å². The summed E-state index contributed by atoms with van der Waals surface area (Å²) in [4.78, 5) is 28.4. The number of nitrogens with zero attached hydrogens (tertiary/aromatic N) is 3. The van der Waals surface area contributed by atoms with Gasteiger partial charge in [0.15, 0.2) is 5.65 Å². The molecule has 128 valence electrons. The zero-order valence-electron chi connectivity index (χ0n) is 12.6. The molecule has 1 aliphatic heterocycles. The second kappa shape index (κ2) is 6.14. The fraction of sp³-hybridized carbons (Fsp3) is 0.400. The molecule has 0 unspecified atom stereocenters. The molecule has 0 radical (unpaired) electrons. The van der Waals surface area contributed by atoms with Crippen LogP contribution in [0.2, 0.25) is 0 Å². The SMILES string of the molecule is O=C(Nc1cccn2ccnc12)C1CCN(C(=O)C(F)(F)F)CC1. The normalized spacial score (nSPS) is 16.4. The summed E-state index contributed by atoms with van der Waals surface area (Å²) in [6.07, 6.45) is 0.666. The molecule has 2 aromatic rings. The maximum atomic E-state index is 12.4. The van der Waals surface area contributed by atoms with Gasteiger partial charge in [0.2, 0.25) is 5.91 Å². The van der Waals surface area contributed by atoms with E-state index in [2.05, 4.69) is 10.3 Å². The highest BCUT2D eigenvalue weighted by Gasteiger charge is 2.43. The summed E-state index contributed by atoms with van der Waals surface area (Å²) in [6.45, 7) is -0.159. The topological polar surface area (TPSA) is 66.7 Å². The third-order valence-electron chi connectivity index (χ3n) is 4.07. The smallest absolute Gasteiger partial charge is 0.335 e. The van der Waals surface area contributed by atoms with Gasteiger partial charge in [0.05, 0.1) is 5.69 Å². The summed E-state index contributed by atoms with van der Waals surface area (Å²) >= 11 is 0. The van der Waals surface area contributed by atoms with Gasteiger partial charge in [-0.1, -0.05) is 0 Å². The van der Waals surface area contributed by atoms with Gasteiger partial charge < -0.3 is 14.6 Å². The molecule has 0 spiro atoms. The fourth-order valence-electron chi connectivity index (χ4n) is 2.80. The lowest BCUT2D eigenvalue weighted by Gasteiger charge is -2.31. The molecular weight excluding hydrogens is 325 g/mol. The Bertz CT molecular complexity index is 763. The highest BCUT2D eigenvalue weighted by Crippen LogP contribution is 2.25. The molecule has 2 aromatic heterocycles. The summed E-state index contributed by atoms with van der Waals surface area (Å²) in [7, 11) is 0. The van der Waals surface area contributed by atoms with E-state index in [1.807, 2.05) is 0 Å². The number of alkyl halides is 3. The molecule has 24 heavy (non-hydrogen) atoms. The average molecular weight is 340 g/mol. The van der Waals surface area contributed by atoms with E-state index in [1.165, 1.54) is 0 Å². The Morgan fingerprint density at radius 1 is 1.21 bits per heavy atom. The van der Waals surface area contributed by atoms with E-state index in [0.717, 1.165) is 4.90 Å². The molecule has 0 atom stereocenters. The molecule has 3 heterocycles. The highest BCUT2D eigenvalue weighted by molar-refractivity contribution is 5.96. The van der Waals surface area contributed by atoms with Crippen LogP contribution in [-0.4, -0.2) is 45.4 Å². The van der Waals surface area contributed by atoms with Crippen LogP contribution in [0.25, 0.3) is 5.65 Å². The lowest BCUT2D eigenvalue weighted by molar-refractivity contribution is -0.186. The second-order valence-corrected chi connectivity index (χ2v) is 5.63. The predicted molar refractivity (Wildman–Crippen MR) is 79.2 cm³/mol. The summed E-state index contributed by atoms with van der Waals surface area (Å²) in [5, 5.41) is 2.77. The maximum Gasteiger partial charge on any atom is 0.471 e. The van der Waals surface area contributed by atoms with E-state index in [1.54, 1.807) is 35.1 Å². The van der Waals surface area contributed by atoms with Crippen molar-refractivity contribution in [2.75, 3.05) is 18.4 Å². The molecule has 0 saturated carbocycles. The summed E-state index contributed by atoms with van der Waals surface area (Å²) in [5.74, 6) is -2.55. The summed E-state index contributed by atoms with van der Waals surface area (Å²) < 4.78 is 39.0. The number of hydrogen-bond donors (Lipinski definition) is 1. The van der Waals surface area contributed by atoms with Gasteiger partial charge >= 0.3 is 12.1 Å². The summed E-state index contributed by atoms with van der Waals surface area (Å²) in [6, 6.07) is 3.47. The van der Waals surface area contributed by atoms with Crippen LogP contribution in [-0.2, 0) is 9.59 Å². The molecule has 1 saturated heterocycles. The molecule has 9 heteroatoms. The van der Waals surface area contributed by atoms with Crippen LogP contribution in [0.1, 0.15) is 12.8 Å². The first-order valence-corrected chi connectivity index (χ1v) is 7.45. The highest BCUT2D eigenvalue weighted by atomic mass is 19.4. The Hall–Kier alpha value is -2.58. The minimum atomic E-state index is -4.87. The molecule has 2 amide bonds. The van der Waals surface area contributed by atoms with Crippen LogP contribution in [0.15, 0.2) is 30.7 Å². The van der Waals surface area contributed by atoms with Gasteiger partial charge in [-0.15, -0.1) is 0 Å². The third-order valence-corrected chi connectivity index (χ3v) is 4.07. The maximum absolute atomic E-state index is 12.4. The lowest BCUT2D eigenvalue weighted by Crippen LogP contribution is -2.46. The number of fused-ring (bicyclic) bond motifs is 1. The number of pyridine rings is 1. The van der Waals surface area contributed by atoms with Crippen LogP contribution >= 0.6 is 0 Å². The van der Waals surface area contributed by atoms with Crippen molar-refractivity contribution in [3.8, 4) is 0 Å². The number of carbonyl (C=O) groups is 2. The zero-order chi connectivity index (χ0) is 17.3. The number of likely N-dealkylation sites (tertiary alicyclic amines) is 1. The van der Waals surface area contributed by atoms with Crippen LogP contribution < -0.4 is 5.32 Å². The van der Waals surface area contributed by atoms with Crippen LogP contribution in [0, 0.1) is 5.92 Å². The largest absolute Gasteiger partial charge is 0.471 e. The van der Waals surface area contributed by atoms with Gasteiger partial charge in [0, 0.05) is 37.6 Å². The first kappa shape index (κ1) is 16.3. The Morgan fingerprint density at radius 3 is 2.58 bits per heavy atom. The lowest BCUT2D eigenvalue weighted by atomic mass is 9.95. The summed E-state index contributed by atoms with van der Waals surface area (Å²) in [5.41, 5.74) is 1.14. The monoisotopic (exact) mass is 340 g/mol. The number of nitrogens with one attached hydrogen (secondary N) is 1. The molecule has 3 rings (SSSR count). The van der Waals surface area contributed by atoms with E-state index in [-0.39, 0.29) is 31.8 Å². The second-order valence-electron chi connectivity index (χ2n) is 5.63. The first-order valence-electron chi connectivity index (χ1n) is 7.45. The Kier molecular flexibility index (Phi) is 4.16. The van der Waals surface area contributed by atoms with Gasteiger partial charge in [-0.05, 0) is 25.0 Å². The van der Waals surface area contributed by atoms with Gasteiger partial charge in [0.1, 0.15) is 0 Å². The quantitative estimate of drug-likeness (QED) is 0.910. The Labute approximate surface area is 135 Å². The van der Waals surface area contributed by atoms with Crippen molar-refractivity contribution in [2.45, 2.75) is 19.0 Å². The molecule has 1 N–H and O–H groups in total. The van der Waals surface area contributed by atoms with Crippen molar-refractivity contribution < 1.29 is 22.8 Å². The van der Waals surface area contributed by atoms with Crippen LogP contribution in [0.4, 0.5) is 18.9 Å². The number of imidazole rings is 1. The third kappa shape index (κ3) is 3.19. The van der Waals surface area contributed by atoms with E-state index < -0.39 is 18.0 Å². The number of piperidine rings is 1. The molecule has 0 aromatic carbocycles. The first-order chi connectivity index (χ1) is 11.4. The van der Waals surface area contributed by atoms with Crippen molar-refractivity contribution in [3.05, 3.63) is 30.7 Å². The molecule has 1 fully saturated rings. The molecule has 6 nitrogen and oxygen atoms in total. The molecule has 0 bridgehead atoms. The Balaban J connectivity index is 1.62. The molecule has 1 aliphatic rings. The number of anilines is 1. The van der Waals surface area contributed by atoms with Gasteiger partial charge in [-0.3, -0.25) is 9.59 Å². The van der Waals surface area contributed by atoms with E-state index in [4.69, 9.17) is 0 Å². The van der Waals surface area contributed by atoms with E-state index >= 15 is 0 Å². The van der Waals surface area contributed by atoms with Gasteiger partial charge in [-0.25, -0.2) is 4.98 Å². The average Bonchev–Trinajstić information content (AvgIpc) is 3.03. The van der Waals surface area contributed by atoms with Crippen LogP contribution in [0.5, 0.6) is 0 Å². The number of rotatable bonds is 2. The van der Waals surface area contributed by atoms with Crippen molar-refractivity contribution >= 4 is 23.1 Å². The number of hydrogen-bond acceptors (Lipinski definition) is 3. The van der Waals surface area contributed by atoms with Gasteiger partial charge in [-0.2, -0.15) is 13.2 Å². The van der Waals surface area contributed by atoms with E-state index in [0.29, 0.717) is 11.3 Å². The van der Waals surface area contributed by atoms with Crippen molar-refractivity contribution in [1.82, 2.24) is 14.3 Å². The van der Waals surface area contributed by atoms with E-state index in [9.17, 15) is 22.8 Å². The number of amides is 2. The Morgan fingerprint density at radius 2 is 1.92 bits per heavy atom. The molecular formula is C15H15F3N4O2. The zero-order valence-corrected chi connectivity index (χ0v) is 12.6. The van der Waals surface area contributed by atoms with Crippen molar-refractivity contribution in [2.24, 2.45) is 5.92 Å². The fourth-order valence-corrected chi connectivity index (χ4v) is 2.80. The number of halogens is 3. The van der Waals surface area contributed by atoms with Crippen molar-refractivity contribution in [3.63, 3.8) is 0 Å².